The lowest BCUT2D eigenvalue weighted by molar-refractivity contribution is -0.0472. The van der Waals surface area contributed by atoms with E-state index in [1.54, 1.807) is 17.1 Å². The van der Waals surface area contributed by atoms with Gasteiger partial charge in [0.25, 0.3) is 0 Å². The maximum atomic E-state index is 13.6. The first-order chi connectivity index (χ1) is 14.8. The lowest BCUT2D eigenvalue weighted by atomic mass is 9.87. The van der Waals surface area contributed by atoms with Crippen molar-refractivity contribution in [3.05, 3.63) is 36.2 Å². The molecule has 5 rings (SSSR count). The highest BCUT2D eigenvalue weighted by molar-refractivity contribution is 5.91. The number of hydrogen-bond donors (Lipinski definition) is 0. The Morgan fingerprint density at radius 2 is 1.94 bits per heavy atom. The van der Waals surface area contributed by atoms with Crippen molar-refractivity contribution in [3.63, 3.8) is 0 Å². The van der Waals surface area contributed by atoms with Crippen molar-refractivity contribution in [1.29, 1.82) is 0 Å². The van der Waals surface area contributed by atoms with Gasteiger partial charge in [-0.25, -0.2) is 18.7 Å². The second-order valence-corrected chi connectivity index (χ2v) is 8.52. The van der Waals surface area contributed by atoms with Gasteiger partial charge in [0.15, 0.2) is 5.65 Å². The molecule has 1 aliphatic rings. The van der Waals surface area contributed by atoms with Gasteiger partial charge in [0.05, 0.1) is 29.3 Å². The van der Waals surface area contributed by atoms with Crippen LogP contribution < -0.4 is 0 Å². The summed E-state index contributed by atoms with van der Waals surface area (Å²) in [7, 11) is 1.87. The molecule has 0 atom stereocenters. The Balaban J connectivity index is 1.59. The minimum Gasteiger partial charge on any atom is -0.361 e. The van der Waals surface area contributed by atoms with E-state index in [0.29, 0.717) is 30.8 Å². The van der Waals surface area contributed by atoms with Crippen molar-refractivity contribution in [1.82, 2.24) is 29.5 Å². The number of nitrogens with zero attached hydrogens (tertiary/aromatic N) is 6. The average Bonchev–Trinajstić information content (AvgIpc) is 3.41. The molecule has 0 aliphatic heterocycles. The van der Waals surface area contributed by atoms with E-state index in [0.717, 1.165) is 33.5 Å². The van der Waals surface area contributed by atoms with Crippen molar-refractivity contribution >= 4 is 11.2 Å². The summed E-state index contributed by atoms with van der Waals surface area (Å²) >= 11 is 0. The molecule has 1 aliphatic carbocycles. The SMILES string of the molecule is Cc1noc(C)c1-c1cnc2c(-c3cnn(C)c3)cn(CC3CCC(F)(F)CC3)c2n1. The van der Waals surface area contributed by atoms with E-state index in [9.17, 15) is 8.78 Å². The molecule has 162 valence electrons. The number of alkyl halides is 2. The van der Waals surface area contributed by atoms with Gasteiger partial charge in [-0.2, -0.15) is 5.10 Å². The number of aryl methyl sites for hydroxylation is 3. The fourth-order valence-electron chi connectivity index (χ4n) is 4.49. The molecule has 4 aromatic rings. The predicted molar refractivity (Wildman–Crippen MR) is 112 cm³/mol. The smallest absolute Gasteiger partial charge is 0.248 e. The quantitative estimate of drug-likeness (QED) is 0.463. The summed E-state index contributed by atoms with van der Waals surface area (Å²) < 4.78 is 36.4. The average molecular weight is 426 g/mol. The number of aromatic nitrogens is 6. The zero-order chi connectivity index (χ0) is 21.8. The summed E-state index contributed by atoms with van der Waals surface area (Å²) in [6.07, 6.45) is 8.39. The van der Waals surface area contributed by atoms with E-state index in [4.69, 9.17) is 14.5 Å². The molecule has 0 radical (unpaired) electrons. The molecule has 0 unspecified atom stereocenters. The van der Waals surface area contributed by atoms with Gasteiger partial charge in [-0.05, 0) is 32.6 Å². The topological polar surface area (TPSA) is 74.6 Å². The van der Waals surface area contributed by atoms with E-state index in [-0.39, 0.29) is 18.8 Å². The van der Waals surface area contributed by atoms with Crippen LogP contribution in [0.15, 0.2) is 29.3 Å². The zero-order valence-electron chi connectivity index (χ0n) is 17.8. The summed E-state index contributed by atoms with van der Waals surface area (Å²) in [6, 6.07) is 0. The van der Waals surface area contributed by atoms with Crippen LogP contribution in [-0.2, 0) is 13.6 Å². The third-order valence-corrected chi connectivity index (χ3v) is 6.16. The molecule has 7 nitrogen and oxygen atoms in total. The van der Waals surface area contributed by atoms with E-state index in [1.807, 2.05) is 33.3 Å². The monoisotopic (exact) mass is 426 g/mol. The first-order valence-electron chi connectivity index (χ1n) is 10.5. The maximum absolute atomic E-state index is 13.6. The first kappa shape index (κ1) is 19.8. The van der Waals surface area contributed by atoms with Crippen LogP contribution in [0.2, 0.25) is 0 Å². The van der Waals surface area contributed by atoms with Gasteiger partial charge in [-0.1, -0.05) is 5.16 Å². The van der Waals surface area contributed by atoms with E-state index in [2.05, 4.69) is 14.8 Å². The van der Waals surface area contributed by atoms with Crippen LogP contribution >= 0.6 is 0 Å². The molecular formula is C22H24F2N6O. The molecule has 1 fully saturated rings. The summed E-state index contributed by atoms with van der Waals surface area (Å²) in [4.78, 5) is 9.64. The molecule has 4 heterocycles. The lowest BCUT2D eigenvalue weighted by Crippen LogP contribution is -2.26. The van der Waals surface area contributed by atoms with E-state index in [1.165, 1.54) is 0 Å². The molecule has 0 saturated heterocycles. The van der Waals surface area contributed by atoms with Gasteiger partial charge in [-0.3, -0.25) is 4.68 Å². The maximum Gasteiger partial charge on any atom is 0.248 e. The highest BCUT2D eigenvalue weighted by Gasteiger charge is 2.35. The molecule has 31 heavy (non-hydrogen) atoms. The Morgan fingerprint density at radius 3 is 2.58 bits per heavy atom. The number of halogens is 2. The van der Waals surface area contributed by atoms with Crippen LogP contribution in [0.25, 0.3) is 33.5 Å². The molecule has 0 bridgehead atoms. The number of hydrogen-bond acceptors (Lipinski definition) is 5. The van der Waals surface area contributed by atoms with Crippen molar-refractivity contribution in [2.75, 3.05) is 0 Å². The van der Waals surface area contributed by atoms with Gasteiger partial charge >= 0.3 is 0 Å². The first-order valence-corrected chi connectivity index (χ1v) is 10.5. The zero-order valence-corrected chi connectivity index (χ0v) is 17.8. The molecule has 0 N–H and O–H groups in total. The highest BCUT2D eigenvalue weighted by Crippen LogP contribution is 2.38. The molecule has 4 aromatic heterocycles. The van der Waals surface area contributed by atoms with Gasteiger partial charge in [0.1, 0.15) is 11.3 Å². The van der Waals surface area contributed by atoms with E-state index < -0.39 is 5.92 Å². The van der Waals surface area contributed by atoms with Crippen LogP contribution in [0.5, 0.6) is 0 Å². The summed E-state index contributed by atoms with van der Waals surface area (Å²) in [5.74, 6) is -1.67. The molecule has 1 saturated carbocycles. The Hall–Kier alpha value is -3.10. The van der Waals surface area contributed by atoms with Crippen molar-refractivity contribution in [2.45, 2.75) is 52.0 Å². The van der Waals surface area contributed by atoms with Crippen LogP contribution in [0, 0.1) is 19.8 Å². The van der Waals surface area contributed by atoms with Crippen molar-refractivity contribution in [3.8, 4) is 22.4 Å². The Bertz CT molecular complexity index is 1220. The number of fused-ring (bicyclic) bond motifs is 1. The van der Waals surface area contributed by atoms with Crippen LogP contribution in [0.4, 0.5) is 8.78 Å². The summed E-state index contributed by atoms with van der Waals surface area (Å²) in [6.45, 7) is 4.36. The third-order valence-electron chi connectivity index (χ3n) is 6.16. The molecule has 0 aromatic carbocycles. The fraction of sp³-hybridized carbons (Fsp3) is 0.455. The normalized spacial score (nSPS) is 16.9. The lowest BCUT2D eigenvalue weighted by Gasteiger charge is -2.28. The van der Waals surface area contributed by atoms with Crippen LogP contribution in [0.1, 0.15) is 37.1 Å². The van der Waals surface area contributed by atoms with Crippen LogP contribution in [0.3, 0.4) is 0 Å². The second-order valence-electron chi connectivity index (χ2n) is 8.52. The fourth-order valence-corrected chi connectivity index (χ4v) is 4.49. The molecule has 0 amide bonds. The van der Waals surface area contributed by atoms with E-state index >= 15 is 0 Å². The molecule has 0 spiro atoms. The third kappa shape index (κ3) is 3.62. The Kier molecular flexibility index (Phi) is 4.64. The minimum absolute atomic E-state index is 0.0532. The van der Waals surface area contributed by atoms with Gasteiger partial charge in [0, 0.05) is 50.0 Å². The minimum atomic E-state index is -2.54. The highest BCUT2D eigenvalue weighted by atomic mass is 19.3. The second kappa shape index (κ2) is 7.25. The summed E-state index contributed by atoms with van der Waals surface area (Å²) in [5.41, 5.74) is 5.66. The Morgan fingerprint density at radius 1 is 1.16 bits per heavy atom. The predicted octanol–water partition coefficient (Wildman–Crippen LogP) is 4.93. The van der Waals surface area contributed by atoms with Gasteiger partial charge < -0.3 is 9.09 Å². The Labute approximate surface area is 178 Å². The van der Waals surface area contributed by atoms with Crippen LogP contribution in [-0.4, -0.2) is 35.4 Å². The largest absolute Gasteiger partial charge is 0.361 e. The van der Waals surface area contributed by atoms with Crippen molar-refractivity contribution < 1.29 is 13.3 Å². The molecular weight excluding hydrogens is 402 g/mol. The molecule has 9 heteroatoms. The van der Waals surface area contributed by atoms with Crippen molar-refractivity contribution in [2.24, 2.45) is 13.0 Å². The summed E-state index contributed by atoms with van der Waals surface area (Å²) in [5, 5.41) is 8.30. The van der Waals surface area contributed by atoms with Gasteiger partial charge in [0.2, 0.25) is 5.92 Å². The standard InChI is InChI=1S/C22H24F2N6O/c1-13-19(14(2)31-28-13)18-9-25-20-17(16-8-26-29(3)11-16)12-30(21(20)27-18)10-15-4-6-22(23,24)7-5-15/h8-9,11-12,15H,4-7,10H2,1-3H3. The van der Waals surface area contributed by atoms with Gasteiger partial charge in [-0.15, -0.1) is 0 Å². The number of rotatable bonds is 4.